The molecule has 1 saturated heterocycles. The van der Waals surface area contributed by atoms with E-state index in [1.165, 1.54) is 13.0 Å². The molecule has 0 spiro atoms. The molecule has 0 aliphatic carbocycles. The van der Waals surface area contributed by atoms with Gasteiger partial charge in [0.15, 0.2) is 0 Å². The third-order valence-electron chi connectivity index (χ3n) is 2.74. The number of aromatic nitrogens is 1. The molecule has 2 heterocycles. The van der Waals surface area contributed by atoms with Gasteiger partial charge in [-0.2, -0.15) is 0 Å². The first-order chi connectivity index (χ1) is 6.88. The maximum absolute atomic E-state index is 4.26. The second-order valence-corrected chi connectivity index (χ2v) is 3.74. The first kappa shape index (κ1) is 9.46. The molecule has 0 aromatic carbocycles. The average Bonchev–Trinajstić information content (AvgIpc) is 2.67. The molecule has 1 aromatic rings. The molecule has 1 aliphatic heterocycles. The van der Waals surface area contributed by atoms with Crippen LogP contribution in [0.3, 0.4) is 0 Å². The highest BCUT2D eigenvalue weighted by atomic mass is 15.2. The maximum atomic E-state index is 4.26. The molecule has 76 valence electrons. The molecule has 0 bridgehead atoms. The Morgan fingerprint density at radius 3 is 3.14 bits per heavy atom. The summed E-state index contributed by atoms with van der Waals surface area (Å²) in [6.07, 6.45) is 3.05. The van der Waals surface area contributed by atoms with Crippen LogP contribution in [0.4, 0.5) is 5.82 Å². The summed E-state index contributed by atoms with van der Waals surface area (Å²) in [6, 6.07) is 6.55. The summed E-state index contributed by atoms with van der Waals surface area (Å²) in [5.74, 6) is 0.996. The lowest BCUT2D eigenvalue weighted by molar-refractivity contribution is 0.356. The largest absolute Gasteiger partial charge is 0.366 e. The van der Waals surface area contributed by atoms with Crippen molar-refractivity contribution >= 4 is 5.82 Å². The number of rotatable bonds is 3. The van der Waals surface area contributed by atoms with Crippen molar-refractivity contribution in [3.8, 4) is 0 Å². The average molecular weight is 191 g/mol. The summed E-state index contributed by atoms with van der Waals surface area (Å²) in [5.41, 5.74) is 0. The fourth-order valence-electron chi connectivity index (χ4n) is 1.89. The van der Waals surface area contributed by atoms with Crippen LogP contribution >= 0.6 is 0 Å². The topological polar surface area (TPSA) is 28.2 Å². The van der Waals surface area contributed by atoms with Gasteiger partial charge in [0.05, 0.1) is 0 Å². The van der Waals surface area contributed by atoms with E-state index in [4.69, 9.17) is 0 Å². The molecule has 1 N–H and O–H groups in total. The second kappa shape index (κ2) is 4.42. The van der Waals surface area contributed by atoms with Gasteiger partial charge in [-0.1, -0.05) is 13.0 Å². The van der Waals surface area contributed by atoms with Gasteiger partial charge in [0.2, 0.25) is 0 Å². The molecule has 2 rings (SSSR count). The van der Waals surface area contributed by atoms with E-state index in [2.05, 4.69) is 22.1 Å². The zero-order valence-electron chi connectivity index (χ0n) is 8.61. The van der Waals surface area contributed by atoms with Crippen LogP contribution in [0.15, 0.2) is 24.4 Å². The monoisotopic (exact) mass is 191 g/mol. The van der Waals surface area contributed by atoms with Crippen LogP contribution in [-0.2, 0) is 0 Å². The van der Waals surface area contributed by atoms with Crippen LogP contribution < -0.4 is 5.32 Å². The summed E-state index contributed by atoms with van der Waals surface area (Å²) < 4.78 is 0. The van der Waals surface area contributed by atoms with Gasteiger partial charge in [-0.15, -0.1) is 0 Å². The van der Waals surface area contributed by atoms with E-state index in [1.807, 2.05) is 24.4 Å². The van der Waals surface area contributed by atoms with Gasteiger partial charge in [-0.25, -0.2) is 4.98 Å². The van der Waals surface area contributed by atoms with Gasteiger partial charge in [0.1, 0.15) is 5.82 Å². The Morgan fingerprint density at radius 2 is 2.50 bits per heavy atom. The Balaban J connectivity index is 1.88. The standard InChI is InChI=1S/C11H17N3/c1-2-14-8-6-10(9-14)13-11-5-3-4-7-12-11/h3-5,7,10H,2,6,8-9H2,1H3,(H,12,13). The van der Waals surface area contributed by atoms with Crippen molar-refractivity contribution in [3.63, 3.8) is 0 Å². The fraction of sp³-hybridized carbons (Fsp3) is 0.545. The lowest BCUT2D eigenvalue weighted by Gasteiger charge is -2.14. The Bertz CT molecular complexity index is 273. The minimum atomic E-state index is 0.574. The summed E-state index contributed by atoms with van der Waals surface area (Å²) >= 11 is 0. The van der Waals surface area contributed by atoms with E-state index < -0.39 is 0 Å². The first-order valence-electron chi connectivity index (χ1n) is 5.28. The molecular formula is C11H17N3. The van der Waals surface area contributed by atoms with Crippen molar-refractivity contribution < 1.29 is 0 Å². The normalized spacial score (nSPS) is 22.5. The number of nitrogens with zero attached hydrogens (tertiary/aromatic N) is 2. The van der Waals surface area contributed by atoms with Crippen molar-refractivity contribution in [2.75, 3.05) is 25.0 Å². The molecule has 14 heavy (non-hydrogen) atoms. The highest BCUT2D eigenvalue weighted by Crippen LogP contribution is 2.13. The smallest absolute Gasteiger partial charge is 0.126 e. The van der Waals surface area contributed by atoms with Gasteiger partial charge in [-0.05, 0) is 25.1 Å². The first-order valence-corrected chi connectivity index (χ1v) is 5.28. The SMILES string of the molecule is CCN1CCC(Nc2ccccn2)C1. The number of nitrogens with one attached hydrogen (secondary N) is 1. The van der Waals surface area contributed by atoms with Crippen LogP contribution in [0, 0.1) is 0 Å². The van der Waals surface area contributed by atoms with Crippen LogP contribution in [0.5, 0.6) is 0 Å². The third kappa shape index (κ3) is 2.23. The predicted octanol–water partition coefficient (Wildman–Crippen LogP) is 1.59. The summed E-state index contributed by atoms with van der Waals surface area (Å²) in [5, 5.41) is 3.45. The van der Waals surface area contributed by atoms with Gasteiger partial charge in [0.25, 0.3) is 0 Å². The van der Waals surface area contributed by atoms with Crippen LogP contribution in [0.25, 0.3) is 0 Å². The molecule has 3 nitrogen and oxygen atoms in total. The number of hydrogen-bond donors (Lipinski definition) is 1. The van der Waals surface area contributed by atoms with Crippen molar-refractivity contribution in [1.29, 1.82) is 0 Å². The Labute approximate surface area is 85.1 Å². The number of anilines is 1. The van der Waals surface area contributed by atoms with Crippen molar-refractivity contribution in [1.82, 2.24) is 9.88 Å². The van der Waals surface area contributed by atoms with Gasteiger partial charge >= 0.3 is 0 Å². The zero-order valence-corrected chi connectivity index (χ0v) is 8.61. The Morgan fingerprint density at radius 1 is 1.57 bits per heavy atom. The van der Waals surface area contributed by atoms with E-state index in [0.29, 0.717) is 6.04 Å². The number of pyridine rings is 1. The van der Waals surface area contributed by atoms with Crippen molar-refractivity contribution in [2.45, 2.75) is 19.4 Å². The fourth-order valence-corrected chi connectivity index (χ4v) is 1.89. The maximum Gasteiger partial charge on any atom is 0.126 e. The van der Waals surface area contributed by atoms with E-state index >= 15 is 0 Å². The molecule has 1 unspecified atom stereocenters. The molecule has 0 saturated carbocycles. The summed E-state index contributed by atoms with van der Waals surface area (Å²) in [7, 11) is 0. The number of hydrogen-bond acceptors (Lipinski definition) is 3. The minimum absolute atomic E-state index is 0.574. The summed E-state index contributed by atoms with van der Waals surface area (Å²) in [6.45, 7) is 5.72. The third-order valence-corrected chi connectivity index (χ3v) is 2.74. The Hall–Kier alpha value is -1.09. The highest BCUT2D eigenvalue weighted by molar-refractivity contribution is 5.34. The second-order valence-electron chi connectivity index (χ2n) is 3.74. The number of likely N-dealkylation sites (N-methyl/N-ethyl adjacent to an activating group) is 1. The Kier molecular flexibility index (Phi) is 2.99. The molecule has 1 aliphatic rings. The lowest BCUT2D eigenvalue weighted by atomic mass is 10.2. The molecular weight excluding hydrogens is 174 g/mol. The van der Waals surface area contributed by atoms with E-state index in [0.717, 1.165) is 18.9 Å². The zero-order chi connectivity index (χ0) is 9.80. The van der Waals surface area contributed by atoms with Gasteiger partial charge in [-0.3, -0.25) is 0 Å². The minimum Gasteiger partial charge on any atom is -0.366 e. The van der Waals surface area contributed by atoms with E-state index in [9.17, 15) is 0 Å². The van der Waals surface area contributed by atoms with Gasteiger partial charge in [0, 0.05) is 25.3 Å². The lowest BCUT2D eigenvalue weighted by Crippen LogP contribution is -2.26. The predicted molar refractivity (Wildman–Crippen MR) is 58.4 cm³/mol. The molecule has 0 amide bonds. The van der Waals surface area contributed by atoms with Crippen LogP contribution in [-0.4, -0.2) is 35.6 Å². The van der Waals surface area contributed by atoms with Crippen molar-refractivity contribution in [3.05, 3.63) is 24.4 Å². The van der Waals surface area contributed by atoms with E-state index in [1.54, 1.807) is 0 Å². The van der Waals surface area contributed by atoms with Gasteiger partial charge < -0.3 is 10.2 Å². The van der Waals surface area contributed by atoms with E-state index in [-0.39, 0.29) is 0 Å². The summed E-state index contributed by atoms with van der Waals surface area (Å²) in [4.78, 5) is 6.72. The molecule has 0 radical (unpaired) electrons. The quantitative estimate of drug-likeness (QED) is 0.786. The number of likely N-dealkylation sites (tertiary alicyclic amines) is 1. The van der Waals surface area contributed by atoms with Crippen LogP contribution in [0.1, 0.15) is 13.3 Å². The highest BCUT2D eigenvalue weighted by Gasteiger charge is 2.20. The van der Waals surface area contributed by atoms with Crippen LogP contribution in [0.2, 0.25) is 0 Å². The molecule has 1 aromatic heterocycles. The molecule has 3 heteroatoms. The molecule has 1 atom stereocenters. The van der Waals surface area contributed by atoms with Crippen molar-refractivity contribution in [2.24, 2.45) is 0 Å². The molecule has 1 fully saturated rings.